The summed E-state index contributed by atoms with van der Waals surface area (Å²) in [5.41, 5.74) is 0.728. The lowest BCUT2D eigenvalue weighted by Gasteiger charge is -2.05. The second-order valence-electron chi connectivity index (χ2n) is 3.62. The first-order valence-electron chi connectivity index (χ1n) is 5.13. The van der Waals surface area contributed by atoms with E-state index < -0.39 is 0 Å². The van der Waals surface area contributed by atoms with E-state index in [4.69, 9.17) is 23.2 Å². The Kier molecular flexibility index (Phi) is 4.00. The molecule has 1 aromatic rings. The lowest BCUT2D eigenvalue weighted by Crippen LogP contribution is -2.23. The first-order chi connectivity index (χ1) is 8.54. The number of hydrogen-bond acceptors (Lipinski definition) is 3. The molecule has 0 unspecified atom stereocenters. The third-order valence-electron chi connectivity index (χ3n) is 2.46. The van der Waals surface area contributed by atoms with Crippen molar-refractivity contribution in [1.29, 1.82) is 0 Å². The second-order valence-corrected chi connectivity index (χ2v) is 5.42. The second kappa shape index (κ2) is 5.34. The maximum absolute atomic E-state index is 12.0. The van der Waals surface area contributed by atoms with Crippen molar-refractivity contribution < 1.29 is 4.79 Å². The van der Waals surface area contributed by atoms with Gasteiger partial charge in [0, 0.05) is 14.1 Å². The number of amides is 1. The predicted octanol–water partition coefficient (Wildman–Crippen LogP) is 3.53. The van der Waals surface area contributed by atoms with Crippen LogP contribution in [0.5, 0.6) is 0 Å². The molecule has 0 spiro atoms. The Morgan fingerprint density at radius 2 is 2.11 bits per heavy atom. The summed E-state index contributed by atoms with van der Waals surface area (Å²) in [6.45, 7) is 0. The minimum Gasteiger partial charge on any atom is -0.290 e. The van der Waals surface area contributed by atoms with Crippen LogP contribution in [0.15, 0.2) is 28.1 Å². The molecular weight excluding hydrogens is 291 g/mol. The minimum atomic E-state index is -0.0864. The van der Waals surface area contributed by atoms with Crippen LogP contribution in [0.1, 0.15) is 5.56 Å². The molecule has 0 atom stereocenters. The summed E-state index contributed by atoms with van der Waals surface area (Å²) < 4.78 is 0. The molecule has 1 aliphatic rings. The minimum absolute atomic E-state index is 0.0864. The van der Waals surface area contributed by atoms with Crippen LogP contribution in [0.2, 0.25) is 10.0 Å². The topological polar surface area (TPSA) is 32.7 Å². The fourth-order valence-corrected chi connectivity index (χ4v) is 2.80. The van der Waals surface area contributed by atoms with Gasteiger partial charge in [-0.15, -0.1) is 0 Å². The summed E-state index contributed by atoms with van der Waals surface area (Å²) in [5, 5.41) is 1.59. The van der Waals surface area contributed by atoms with Crippen LogP contribution in [0.3, 0.4) is 0 Å². The van der Waals surface area contributed by atoms with Gasteiger partial charge in [-0.1, -0.05) is 35.3 Å². The summed E-state index contributed by atoms with van der Waals surface area (Å²) in [6, 6.07) is 5.32. The van der Waals surface area contributed by atoms with Gasteiger partial charge in [-0.05, 0) is 29.5 Å². The van der Waals surface area contributed by atoms with Crippen molar-refractivity contribution in [3.8, 4) is 0 Å². The van der Waals surface area contributed by atoms with Gasteiger partial charge in [0.2, 0.25) is 0 Å². The summed E-state index contributed by atoms with van der Waals surface area (Å²) in [7, 11) is 3.35. The van der Waals surface area contributed by atoms with Gasteiger partial charge >= 0.3 is 0 Å². The molecule has 0 aromatic heterocycles. The molecule has 94 valence electrons. The number of hydrogen-bond donors (Lipinski definition) is 0. The molecule has 1 saturated heterocycles. The van der Waals surface area contributed by atoms with Crippen molar-refractivity contribution in [2.24, 2.45) is 4.99 Å². The quantitative estimate of drug-likeness (QED) is 0.743. The highest BCUT2D eigenvalue weighted by molar-refractivity contribution is 8.18. The summed E-state index contributed by atoms with van der Waals surface area (Å²) >= 11 is 13.3. The molecule has 18 heavy (non-hydrogen) atoms. The van der Waals surface area contributed by atoms with Crippen LogP contribution in [0.25, 0.3) is 6.08 Å². The van der Waals surface area contributed by atoms with Crippen LogP contribution in [-0.4, -0.2) is 30.1 Å². The highest BCUT2D eigenvalue weighted by Gasteiger charge is 2.29. The zero-order valence-electron chi connectivity index (χ0n) is 9.78. The number of rotatable bonds is 1. The molecule has 3 nitrogen and oxygen atoms in total. The summed E-state index contributed by atoms with van der Waals surface area (Å²) in [5.74, 6) is -0.0864. The molecule has 1 aliphatic heterocycles. The van der Waals surface area contributed by atoms with E-state index in [1.165, 1.54) is 16.7 Å². The standard InChI is InChI=1S/C12H10Cl2N2OS/c1-15-12-16(2)11(17)9(18-12)6-7-4-3-5-8(13)10(7)14/h3-6H,1-2H3/b9-6+,15-12?. The molecule has 1 amide bonds. The van der Waals surface area contributed by atoms with E-state index in [1.807, 2.05) is 6.07 Å². The van der Waals surface area contributed by atoms with E-state index in [2.05, 4.69) is 4.99 Å². The molecule has 1 aromatic carbocycles. The summed E-state index contributed by atoms with van der Waals surface area (Å²) in [4.78, 5) is 18.1. The van der Waals surface area contributed by atoms with E-state index in [-0.39, 0.29) is 5.91 Å². The Morgan fingerprint density at radius 1 is 1.39 bits per heavy atom. The molecule has 0 N–H and O–H groups in total. The van der Waals surface area contributed by atoms with Gasteiger partial charge in [0.05, 0.1) is 15.0 Å². The van der Waals surface area contributed by atoms with Crippen molar-refractivity contribution in [3.63, 3.8) is 0 Å². The average Bonchev–Trinajstić information content (AvgIpc) is 2.63. The van der Waals surface area contributed by atoms with Crippen LogP contribution in [-0.2, 0) is 4.79 Å². The average molecular weight is 301 g/mol. The number of carbonyl (C=O) groups excluding carboxylic acids is 1. The number of amidine groups is 1. The lowest BCUT2D eigenvalue weighted by atomic mass is 10.2. The zero-order valence-corrected chi connectivity index (χ0v) is 12.1. The van der Waals surface area contributed by atoms with E-state index in [9.17, 15) is 4.79 Å². The monoisotopic (exact) mass is 300 g/mol. The summed E-state index contributed by atoms with van der Waals surface area (Å²) in [6.07, 6.45) is 1.73. The maximum atomic E-state index is 12.0. The van der Waals surface area contributed by atoms with E-state index in [0.717, 1.165) is 5.56 Å². The van der Waals surface area contributed by atoms with E-state index >= 15 is 0 Å². The van der Waals surface area contributed by atoms with Crippen LogP contribution in [0, 0.1) is 0 Å². The van der Waals surface area contributed by atoms with Crippen LogP contribution < -0.4 is 0 Å². The Bertz CT molecular complexity index is 569. The van der Waals surface area contributed by atoms with Crippen molar-refractivity contribution in [2.45, 2.75) is 0 Å². The van der Waals surface area contributed by atoms with Gasteiger partial charge in [-0.25, -0.2) is 0 Å². The lowest BCUT2D eigenvalue weighted by molar-refractivity contribution is -0.121. The molecule has 6 heteroatoms. The molecule has 0 bridgehead atoms. The van der Waals surface area contributed by atoms with Crippen LogP contribution >= 0.6 is 35.0 Å². The number of carbonyl (C=O) groups is 1. The predicted molar refractivity (Wildman–Crippen MR) is 78.2 cm³/mol. The fraction of sp³-hybridized carbons (Fsp3) is 0.167. The van der Waals surface area contributed by atoms with Crippen molar-refractivity contribution in [2.75, 3.05) is 14.1 Å². The van der Waals surface area contributed by atoms with Gasteiger partial charge in [-0.3, -0.25) is 14.7 Å². The van der Waals surface area contributed by atoms with Crippen molar-refractivity contribution in [3.05, 3.63) is 38.7 Å². The molecular formula is C12H10Cl2N2OS. The van der Waals surface area contributed by atoms with Gasteiger partial charge in [0.15, 0.2) is 5.17 Å². The Labute approximate surface area is 119 Å². The van der Waals surface area contributed by atoms with Gasteiger partial charge in [0.25, 0.3) is 5.91 Å². The molecule has 1 heterocycles. The third kappa shape index (κ3) is 2.41. The SMILES string of the molecule is CN=C1S/C(=C/c2cccc(Cl)c2Cl)C(=O)N1C. The Hall–Kier alpha value is -0.970. The number of halogens is 2. The first-order valence-corrected chi connectivity index (χ1v) is 6.70. The number of aliphatic imine (C=N–C) groups is 1. The van der Waals surface area contributed by atoms with Gasteiger partial charge in [-0.2, -0.15) is 0 Å². The smallest absolute Gasteiger partial charge is 0.266 e. The molecule has 1 fully saturated rings. The normalized spacial score (nSPS) is 20.2. The molecule has 0 radical (unpaired) electrons. The van der Waals surface area contributed by atoms with Crippen molar-refractivity contribution >= 4 is 52.1 Å². The van der Waals surface area contributed by atoms with Gasteiger partial charge in [0.1, 0.15) is 0 Å². The number of thioether (sulfide) groups is 1. The number of likely N-dealkylation sites (N-methyl/N-ethyl adjacent to an activating group) is 1. The highest BCUT2D eigenvalue weighted by atomic mass is 35.5. The third-order valence-corrected chi connectivity index (χ3v) is 4.45. The number of benzene rings is 1. The highest BCUT2D eigenvalue weighted by Crippen LogP contribution is 2.34. The zero-order chi connectivity index (χ0) is 13.3. The van der Waals surface area contributed by atoms with Crippen LogP contribution in [0.4, 0.5) is 0 Å². The fourth-order valence-electron chi connectivity index (χ4n) is 1.52. The maximum Gasteiger partial charge on any atom is 0.266 e. The number of nitrogens with zero attached hydrogens (tertiary/aromatic N) is 2. The van der Waals surface area contributed by atoms with E-state index in [0.29, 0.717) is 20.1 Å². The Morgan fingerprint density at radius 3 is 2.72 bits per heavy atom. The molecule has 2 rings (SSSR count). The van der Waals surface area contributed by atoms with Gasteiger partial charge < -0.3 is 0 Å². The first kappa shape index (κ1) is 13.5. The largest absolute Gasteiger partial charge is 0.290 e. The molecule has 0 aliphatic carbocycles. The van der Waals surface area contributed by atoms with Crippen molar-refractivity contribution in [1.82, 2.24) is 4.90 Å². The Balaban J connectivity index is 2.41. The molecule has 0 saturated carbocycles. The van der Waals surface area contributed by atoms with E-state index in [1.54, 1.807) is 32.3 Å².